The van der Waals surface area contributed by atoms with E-state index in [4.69, 9.17) is 5.73 Å². The molecule has 1 heteroatoms. The first-order chi connectivity index (χ1) is 9.15. The Morgan fingerprint density at radius 3 is 2.53 bits per heavy atom. The van der Waals surface area contributed by atoms with Gasteiger partial charge in [-0.2, -0.15) is 0 Å². The fourth-order valence-electron chi connectivity index (χ4n) is 3.02. The summed E-state index contributed by atoms with van der Waals surface area (Å²) in [6.45, 7) is 4.45. The Kier molecular flexibility index (Phi) is 3.16. The third-order valence-electron chi connectivity index (χ3n) is 3.98. The van der Waals surface area contributed by atoms with Crippen molar-refractivity contribution < 1.29 is 0 Å². The van der Waals surface area contributed by atoms with Gasteiger partial charge in [-0.15, -0.1) is 0 Å². The van der Waals surface area contributed by atoms with Gasteiger partial charge < -0.3 is 5.73 Å². The normalized spacial score (nSPS) is 14.3. The van der Waals surface area contributed by atoms with E-state index in [-0.39, 0.29) is 6.04 Å². The molecule has 3 rings (SSSR count). The number of nitrogens with two attached hydrogens (primary N) is 1. The highest BCUT2D eigenvalue weighted by atomic mass is 14.6. The maximum atomic E-state index is 6.31. The third-order valence-corrected chi connectivity index (χ3v) is 3.98. The molecule has 0 saturated carbocycles. The maximum absolute atomic E-state index is 6.31. The number of fused-ring (bicyclic) bond motifs is 3. The van der Waals surface area contributed by atoms with Crippen LogP contribution in [0.15, 0.2) is 42.5 Å². The minimum Gasteiger partial charge on any atom is -0.324 e. The van der Waals surface area contributed by atoms with E-state index in [1.165, 1.54) is 27.8 Å². The standard InChI is InChI=1S/C18H21N/c1-12(2)9-18(19)15-8-7-14-10-13-5-3-4-6-16(13)17(14)11-15/h3-8,11-12,18H,9-10,19H2,1-2H3. The Morgan fingerprint density at radius 2 is 1.74 bits per heavy atom. The average molecular weight is 251 g/mol. The van der Waals surface area contributed by atoms with Crippen molar-refractivity contribution in [2.75, 3.05) is 0 Å². The fraction of sp³-hybridized carbons (Fsp3) is 0.333. The molecule has 98 valence electrons. The quantitative estimate of drug-likeness (QED) is 0.737. The monoisotopic (exact) mass is 251 g/mol. The second kappa shape index (κ2) is 4.82. The van der Waals surface area contributed by atoms with Crippen LogP contribution in [0.5, 0.6) is 0 Å². The van der Waals surface area contributed by atoms with Gasteiger partial charge in [0, 0.05) is 6.04 Å². The minimum atomic E-state index is 0.151. The zero-order chi connectivity index (χ0) is 13.4. The molecule has 0 amide bonds. The smallest absolute Gasteiger partial charge is 0.0297 e. The lowest BCUT2D eigenvalue weighted by Crippen LogP contribution is -2.12. The lowest BCUT2D eigenvalue weighted by Gasteiger charge is -2.15. The van der Waals surface area contributed by atoms with Gasteiger partial charge >= 0.3 is 0 Å². The molecule has 0 bridgehead atoms. The first-order valence-corrected chi connectivity index (χ1v) is 7.12. The highest BCUT2D eigenvalue weighted by Crippen LogP contribution is 2.37. The Labute approximate surface area is 115 Å². The number of hydrogen-bond acceptors (Lipinski definition) is 1. The van der Waals surface area contributed by atoms with Crippen LogP contribution < -0.4 is 5.73 Å². The zero-order valence-corrected chi connectivity index (χ0v) is 11.7. The van der Waals surface area contributed by atoms with Crippen LogP contribution in [0, 0.1) is 5.92 Å². The molecule has 0 heterocycles. The molecule has 1 aliphatic carbocycles. The van der Waals surface area contributed by atoms with E-state index in [2.05, 4.69) is 56.3 Å². The second-order valence-electron chi connectivity index (χ2n) is 5.99. The first kappa shape index (κ1) is 12.4. The van der Waals surface area contributed by atoms with Crippen LogP contribution in [-0.2, 0) is 6.42 Å². The zero-order valence-electron chi connectivity index (χ0n) is 11.7. The van der Waals surface area contributed by atoms with Crippen molar-refractivity contribution in [1.82, 2.24) is 0 Å². The second-order valence-corrected chi connectivity index (χ2v) is 5.99. The van der Waals surface area contributed by atoms with Crippen molar-refractivity contribution in [2.24, 2.45) is 11.7 Å². The average Bonchev–Trinajstić information content (AvgIpc) is 2.75. The molecule has 0 fully saturated rings. The molecule has 0 aliphatic heterocycles. The van der Waals surface area contributed by atoms with Crippen molar-refractivity contribution in [3.63, 3.8) is 0 Å². The van der Waals surface area contributed by atoms with E-state index in [1.54, 1.807) is 0 Å². The van der Waals surface area contributed by atoms with Crippen LogP contribution in [0.3, 0.4) is 0 Å². The predicted molar refractivity (Wildman–Crippen MR) is 81.1 cm³/mol. The Bertz CT molecular complexity index is 598. The highest BCUT2D eigenvalue weighted by Gasteiger charge is 2.19. The van der Waals surface area contributed by atoms with Crippen molar-refractivity contribution in [3.05, 3.63) is 59.2 Å². The predicted octanol–water partition coefficient (Wildman–Crippen LogP) is 4.30. The summed E-state index contributed by atoms with van der Waals surface area (Å²) in [5.41, 5.74) is 13.2. The van der Waals surface area contributed by atoms with Crippen molar-refractivity contribution in [3.8, 4) is 11.1 Å². The van der Waals surface area contributed by atoms with Crippen molar-refractivity contribution >= 4 is 0 Å². The lowest BCUT2D eigenvalue weighted by atomic mass is 9.94. The molecule has 0 radical (unpaired) electrons. The van der Waals surface area contributed by atoms with Crippen LogP contribution >= 0.6 is 0 Å². The molecule has 19 heavy (non-hydrogen) atoms. The molecule has 2 aromatic carbocycles. The summed E-state index contributed by atoms with van der Waals surface area (Å²) < 4.78 is 0. The van der Waals surface area contributed by atoms with Crippen LogP contribution in [0.25, 0.3) is 11.1 Å². The molecule has 1 aliphatic rings. The van der Waals surface area contributed by atoms with Gasteiger partial charge in [-0.1, -0.05) is 50.2 Å². The summed E-state index contributed by atoms with van der Waals surface area (Å²) in [5, 5.41) is 0. The van der Waals surface area contributed by atoms with Gasteiger partial charge in [0.2, 0.25) is 0 Å². The van der Waals surface area contributed by atoms with Crippen LogP contribution in [0.1, 0.15) is 43.0 Å². The maximum Gasteiger partial charge on any atom is 0.0297 e. The minimum absolute atomic E-state index is 0.151. The molecule has 2 N–H and O–H groups in total. The lowest BCUT2D eigenvalue weighted by molar-refractivity contribution is 0.510. The summed E-state index contributed by atoms with van der Waals surface area (Å²) in [7, 11) is 0. The Morgan fingerprint density at radius 1 is 1.00 bits per heavy atom. The molecule has 1 nitrogen and oxygen atoms in total. The summed E-state index contributed by atoms with van der Waals surface area (Å²) in [5.74, 6) is 0.635. The molecule has 0 saturated heterocycles. The topological polar surface area (TPSA) is 26.0 Å². The van der Waals surface area contributed by atoms with Gasteiger partial charge in [0.25, 0.3) is 0 Å². The Hall–Kier alpha value is -1.60. The van der Waals surface area contributed by atoms with Gasteiger partial charge in [-0.05, 0) is 52.6 Å². The number of benzene rings is 2. The van der Waals surface area contributed by atoms with Crippen LogP contribution in [-0.4, -0.2) is 0 Å². The van der Waals surface area contributed by atoms with E-state index in [0.29, 0.717) is 5.92 Å². The van der Waals surface area contributed by atoms with Gasteiger partial charge in [0.1, 0.15) is 0 Å². The fourth-order valence-corrected chi connectivity index (χ4v) is 3.02. The molecule has 0 spiro atoms. The molecular weight excluding hydrogens is 230 g/mol. The summed E-state index contributed by atoms with van der Waals surface area (Å²) >= 11 is 0. The van der Waals surface area contributed by atoms with Crippen LogP contribution in [0.2, 0.25) is 0 Å². The van der Waals surface area contributed by atoms with E-state index in [1.807, 2.05) is 0 Å². The van der Waals surface area contributed by atoms with Crippen LogP contribution in [0.4, 0.5) is 0 Å². The highest BCUT2D eigenvalue weighted by molar-refractivity contribution is 5.77. The molecule has 1 unspecified atom stereocenters. The van der Waals surface area contributed by atoms with Crippen molar-refractivity contribution in [2.45, 2.75) is 32.7 Å². The third kappa shape index (κ3) is 2.31. The molecular formula is C18H21N. The summed E-state index contributed by atoms with van der Waals surface area (Å²) in [4.78, 5) is 0. The summed E-state index contributed by atoms with van der Waals surface area (Å²) in [6, 6.07) is 15.6. The van der Waals surface area contributed by atoms with E-state index < -0.39 is 0 Å². The van der Waals surface area contributed by atoms with Gasteiger partial charge in [-0.3, -0.25) is 0 Å². The summed E-state index contributed by atoms with van der Waals surface area (Å²) in [6.07, 6.45) is 2.10. The largest absolute Gasteiger partial charge is 0.324 e. The molecule has 0 aromatic heterocycles. The SMILES string of the molecule is CC(C)CC(N)c1ccc2c(c1)-c1ccccc1C2. The van der Waals surface area contributed by atoms with Gasteiger partial charge in [0.15, 0.2) is 0 Å². The Balaban J connectivity index is 1.98. The van der Waals surface area contributed by atoms with Gasteiger partial charge in [0.05, 0.1) is 0 Å². The van der Waals surface area contributed by atoms with E-state index in [9.17, 15) is 0 Å². The van der Waals surface area contributed by atoms with E-state index >= 15 is 0 Å². The van der Waals surface area contributed by atoms with Gasteiger partial charge in [-0.25, -0.2) is 0 Å². The van der Waals surface area contributed by atoms with E-state index in [0.717, 1.165) is 12.8 Å². The van der Waals surface area contributed by atoms with Crippen molar-refractivity contribution in [1.29, 1.82) is 0 Å². The molecule has 2 aromatic rings. The first-order valence-electron chi connectivity index (χ1n) is 7.12. The molecule has 1 atom stereocenters. The number of hydrogen-bond donors (Lipinski definition) is 1. The number of rotatable bonds is 3.